The molecule has 3 aliphatic rings. The van der Waals surface area contributed by atoms with Crippen LogP contribution in [0.3, 0.4) is 0 Å². The molecule has 1 unspecified atom stereocenters. The average molecular weight is 639 g/mol. The molecule has 1 amide bonds. The number of ether oxygens (including phenoxy) is 1. The van der Waals surface area contributed by atoms with Crippen LogP contribution in [0.25, 0.3) is 0 Å². The fraction of sp³-hybridized carbons (Fsp3) is 0.462. The Balaban J connectivity index is 0.00000245. The van der Waals surface area contributed by atoms with Crippen LogP contribution in [0.15, 0.2) is 94.8 Å². The summed E-state index contributed by atoms with van der Waals surface area (Å²) >= 11 is 0. The van der Waals surface area contributed by atoms with Gasteiger partial charge in [0.25, 0.3) is 0 Å². The van der Waals surface area contributed by atoms with E-state index < -0.39 is 0 Å². The minimum absolute atomic E-state index is 0.0500. The lowest BCUT2D eigenvalue weighted by Crippen LogP contribution is -2.42. The fourth-order valence-corrected chi connectivity index (χ4v) is 5.66. The Hall–Kier alpha value is -4.17. The van der Waals surface area contributed by atoms with Crippen molar-refractivity contribution in [1.29, 1.82) is 5.41 Å². The number of aliphatic imine (C=N–C) groups is 1. The van der Waals surface area contributed by atoms with Crippen molar-refractivity contribution in [2.24, 2.45) is 10.7 Å². The molecule has 8 nitrogen and oxygen atoms in total. The largest absolute Gasteiger partial charge is 0.457 e. The number of amidine groups is 1. The molecule has 1 aliphatic heterocycles. The number of nitrogens with two attached hydrogens (primary N) is 1. The third kappa shape index (κ3) is 10.7. The van der Waals surface area contributed by atoms with Gasteiger partial charge >= 0.3 is 0 Å². The van der Waals surface area contributed by atoms with Crippen molar-refractivity contribution in [1.82, 2.24) is 15.1 Å². The van der Waals surface area contributed by atoms with Gasteiger partial charge in [-0.25, -0.2) is 0 Å². The number of carbonyl (C=O) groups excluding carboxylic acids is 1. The van der Waals surface area contributed by atoms with E-state index in [-0.39, 0.29) is 17.7 Å². The number of hydrogen-bond donors (Lipinski definition) is 3. The lowest BCUT2D eigenvalue weighted by atomic mass is 9.99. The summed E-state index contributed by atoms with van der Waals surface area (Å²) in [4.78, 5) is 22.8. The van der Waals surface area contributed by atoms with Gasteiger partial charge in [0.2, 0.25) is 5.91 Å². The van der Waals surface area contributed by atoms with Crippen LogP contribution in [-0.2, 0) is 4.79 Å². The third-order valence-electron chi connectivity index (χ3n) is 8.64. The highest BCUT2D eigenvalue weighted by molar-refractivity contribution is 6.29. The highest BCUT2D eigenvalue weighted by Gasteiger charge is 2.38. The zero-order valence-electron chi connectivity index (χ0n) is 29.0. The first kappa shape index (κ1) is 35.7. The molecular weight excluding hydrogens is 584 g/mol. The van der Waals surface area contributed by atoms with Crippen LogP contribution in [0.1, 0.15) is 85.1 Å². The number of hydrogen-bond acceptors (Lipinski definition) is 6. The van der Waals surface area contributed by atoms with Crippen molar-refractivity contribution in [3.8, 4) is 11.5 Å². The molecule has 2 saturated carbocycles. The fourth-order valence-electron chi connectivity index (χ4n) is 5.66. The first-order valence-electron chi connectivity index (χ1n) is 17.4. The number of nitrogens with zero attached hydrogens (tertiary/aromatic N) is 3. The zero-order chi connectivity index (χ0) is 33.8. The standard InChI is InChI=1S/C37H48N6O2.C2H6/c1-4-26(2)24-40-37(35(27(3)38)36(39)28-14-20-33(21-15-28)45-32-11-6-5-7-12-32)41-29-10-8-22-42(25-29)34(44)13-9-23-43(30-16-17-30)31-18-19-31;1-2/h5-7,9,11-15,20-21,24,29-31,39H,4,8,10,16-19,22-23,25,38H2,1-3H3,(H,40,41);1-2H3/b13-9+,26-24+,35-27+,39-36?;. The van der Waals surface area contributed by atoms with Crippen molar-refractivity contribution in [2.75, 3.05) is 19.6 Å². The van der Waals surface area contributed by atoms with Gasteiger partial charge in [0.15, 0.2) is 0 Å². The Labute approximate surface area is 282 Å². The number of likely N-dealkylation sites (tertiary alicyclic amines) is 1. The van der Waals surface area contributed by atoms with Gasteiger partial charge in [0.1, 0.15) is 17.3 Å². The number of carbonyl (C=O) groups is 1. The Morgan fingerprint density at radius 1 is 1.02 bits per heavy atom. The molecule has 1 heterocycles. The minimum atomic E-state index is -0.104. The number of piperidine rings is 1. The predicted molar refractivity (Wildman–Crippen MR) is 194 cm³/mol. The van der Waals surface area contributed by atoms with E-state index in [1.807, 2.05) is 85.6 Å². The molecule has 5 rings (SSSR count). The van der Waals surface area contributed by atoms with E-state index in [0.717, 1.165) is 55.8 Å². The molecule has 2 aromatic rings. The third-order valence-corrected chi connectivity index (χ3v) is 8.64. The quantitative estimate of drug-likeness (QED) is 0.119. The van der Waals surface area contributed by atoms with E-state index in [1.54, 1.807) is 13.0 Å². The van der Waals surface area contributed by atoms with Crippen LogP contribution >= 0.6 is 0 Å². The maximum absolute atomic E-state index is 13.2. The molecule has 1 atom stereocenters. The molecule has 1 saturated heterocycles. The van der Waals surface area contributed by atoms with Crippen LogP contribution in [0.2, 0.25) is 0 Å². The minimum Gasteiger partial charge on any atom is -0.457 e. The zero-order valence-corrected chi connectivity index (χ0v) is 29.0. The van der Waals surface area contributed by atoms with Gasteiger partial charge in [-0.3, -0.25) is 20.1 Å². The molecule has 4 N–H and O–H groups in total. The smallest absolute Gasteiger partial charge is 0.246 e. The topological polar surface area (TPSA) is 107 Å². The van der Waals surface area contributed by atoms with E-state index in [0.29, 0.717) is 35.0 Å². The lowest BCUT2D eigenvalue weighted by molar-refractivity contribution is -0.127. The molecule has 3 fully saturated rings. The van der Waals surface area contributed by atoms with Gasteiger partial charge in [0.05, 0.1) is 17.3 Å². The first-order chi connectivity index (χ1) is 22.8. The summed E-state index contributed by atoms with van der Waals surface area (Å²) in [6.45, 7) is 12.1. The summed E-state index contributed by atoms with van der Waals surface area (Å²) < 4.78 is 5.95. The van der Waals surface area contributed by atoms with Crippen LogP contribution in [0.4, 0.5) is 0 Å². The van der Waals surface area contributed by atoms with Crippen molar-refractivity contribution < 1.29 is 9.53 Å². The highest BCUT2D eigenvalue weighted by atomic mass is 16.5. The summed E-state index contributed by atoms with van der Waals surface area (Å²) in [5.74, 6) is 2.05. The molecule has 0 bridgehead atoms. The second-order valence-corrected chi connectivity index (χ2v) is 12.5. The second-order valence-electron chi connectivity index (χ2n) is 12.5. The Morgan fingerprint density at radius 3 is 2.26 bits per heavy atom. The maximum Gasteiger partial charge on any atom is 0.246 e. The monoisotopic (exact) mass is 638 g/mol. The number of nitrogens with one attached hydrogen (secondary N) is 2. The van der Waals surface area contributed by atoms with Gasteiger partial charge < -0.3 is 20.7 Å². The Kier molecular flexibility index (Phi) is 13.4. The molecule has 252 valence electrons. The van der Waals surface area contributed by atoms with Crippen molar-refractivity contribution in [3.63, 3.8) is 0 Å². The van der Waals surface area contributed by atoms with Gasteiger partial charge in [0, 0.05) is 55.3 Å². The van der Waals surface area contributed by atoms with Crippen LogP contribution < -0.4 is 15.8 Å². The van der Waals surface area contributed by atoms with E-state index in [1.165, 1.54) is 25.7 Å². The Bertz CT molecular complexity index is 1440. The summed E-state index contributed by atoms with van der Waals surface area (Å²) in [5.41, 5.74) is 9.64. The molecular formula is C39H54N6O2. The van der Waals surface area contributed by atoms with Crippen LogP contribution in [0, 0.1) is 5.41 Å². The molecule has 0 radical (unpaired) electrons. The molecule has 0 spiro atoms. The highest BCUT2D eigenvalue weighted by Crippen LogP contribution is 2.37. The predicted octanol–water partition coefficient (Wildman–Crippen LogP) is 7.58. The van der Waals surface area contributed by atoms with Gasteiger partial charge in [-0.2, -0.15) is 0 Å². The molecule has 8 heteroatoms. The normalized spacial score (nSPS) is 19.2. The average Bonchev–Trinajstić information content (AvgIpc) is 4.03. The van der Waals surface area contributed by atoms with Crippen LogP contribution in [-0.4, -0.2) is 65.0 Å². The van der Waals surface area contributed by atoms with Crippen LogP contribution in [0.5, 0.6) is 11.5 Å². The summed E-state index contributed by atoms with van der Waals surface area (Å²) in [6.07, 6.45) is 13.5. The molecule has 47 heavy (non-hydrogen) atoms. The first-order valence-corrected chi connectivity index (χ1v) is 17.4. The summed E-state index contributed by atoms with van der Waals surface area (Å²) in [6, 6.07) is 18.4. The van der Waals surface area contributed by atoms with Gasteiger partial charge in [-0.05, 0) is 95.2 Å². The van der Waals surface area contributed by atoms with E-state index in [2.05, 4.69) is 24.1 Å². The van der Waals surface area contributed by atoms with Crippen molar-refractivity contribution in [3.05, 3.63) is 95.4 Å². The number of para-hydroxylation sites is 1. The summed E-state index contributed by atoms with van der Waals surface area (Å²) in [5, 5.41) is 12.6. The summed E-state index contributed by atoms with van der Waals surface area (Å²) in [7, 11) is 0. The SMILES string of the molecule is CC.CC/C(C)=C/NC(=NC1CCCN(C(=O)/C=C/CN(C2CC2)C2CC2)C1)/C(C(=N)c1ccc(Oc2ccccc2)cc1)=C(\C)N. The van der Waals surface area contributed by atoms with Crippen molar-refractivity contribution in [2.45, 2.75) is 97.7 Å². The van der Waals surface area contributed by atoms with Gasteiger partial charge in [-0.1, -0.05) is 50.6 Å². The second kappa shape index (κ2) is 17.7. The van der Waals surface area contributed by atoms with Gasteiger partial charge in [-0.15, -0.1) is 0 Å². The molecule has 2 aromatic carbocycles. The maximum atomic E-state index is 13.2. The molecule has 2 aliphatic carbocycles. The number of allylic oxidation sites excluding steroid dienone is 2. The van der Waals surface area contributed by atoms with E-state index >= 15 is 0 Å². The van der Waals surface area contributed by atoms with E-state index in [9.17, 15) is 10.2 Å². The number of amides is 1. The number of benzene rings is 2. The van der Waals surface area contributed by atoms with E-state index in [4.69, 9.17) is 15.5 Å². The number of rotatable bonds is 13. The lowest BCUT2D eigenvalue weighted by Gasteiger charge is -2.31. The molecule has 0 aromatic heterocycles. The Morgan fingerprint density at radius 2 is 1.66 bits per heavy atom. The van der Waals surface area contributed by atoms with Crippen molar-refractivity contribution >= 4 is 17.5 Å².